The molecule has 3 N–H and O–H groups in total. The second-order valence-electron chi connectivity index (χ2n) is 4.96. The van der Waals surface area contributed by atoms with Crippen molar-refractivity contribution in [2.45, 2.75) is 19.6 Å². The first kappa shape index (κ1) is 16.9. The van der Waals surface area contributed by atoms with Gasteiger partial charge in [0.2, 0.25) is 0 Å². The molecular weight excluding hydrogens is 295 g/mol. The van der Waals surface area contributed by atoms with E-state index in [0.29, 0.717) is 24.6 Å². The summed E-state index contributed by atoms with van der Waals surface area (Å²) in [5, 5.41) is 16.3. The Morgan fingerprint density at radius 3 is 2.65 bits per heavy atom. The van der Waals surface area contributed by atoms with Gasteiger partial charge >= 0.3 is 0 Å². The molecule has 23 heavy (non-hydrogen) atoms. The Morgan fingerprint density at radius 1 is 1.22 bits per heavy atom. The van der Waals surface area contributed by atoms with Crippen LogP contribution in [0.15, 0.2) is 53.7 Å². The summed E-state index contributed by atoms with van der Waals surface area (Å²) in [7, 11) is 0. The van der Waals surface area contributed by atoms with E-state index in [1.807, 2.05) is 25.1 Å². The lowest BCUT2D eigenvalue weighted by atomic mass is 10.1. The third kappa shape index (κ3) is 5.67. The number of aliphatic hydroxyl groups excluding tert-OH is 1. The first-order valence-corrected chi connectivity index (χ1v) is 7.54. The van der Waals surface area contributed by atoms with Gasteiger partial charge in [0.25, 0.3) is 0 Å². The maximum Gasteiger partial charge on any atom is 0.191 e. The van der Waals surface area contributed by atoms with Crippen molar-refractivity contribution in [1.82, 2.24) is 15.6 Å². The third-order valence-corrected chi connectivity index (χ3v) is 3.19. The van der Waals surface area contributed by atoms with Gasteiger partial charge in [0, 0.05) is 19.3 Å². The molecule has 0 radical (unpaired) electrons. The molecule has 122 valence electrons. The highest BCUT2D eigenvalue weighted by Crippen LogP contribution is 2.12. The molecule has 0 spiro atoms. The molecule has 0 saturated carbocycles. The lowest BCUT2D eigenvalue weighted by molar-refractivity contribution is 0.180. The fourth-order valence-electron chi connectivity index (χ4n) is 1.99. The molecule has 0 aliphatic heterocycles. The zero-order chi connectivity index (χ0) is 16.5. The molecule has 6 heteroatoms. The van der Waals surface area contributed by atoms with E-state index in [4.69, 9.17) is 0 Å². The Bertz CT molecular complexity index is 616. The molecule has 0 aliphatic rings. The second-order valence-corrected chi connectivity index (χ2v) is 4.96. The maximum atomic E-state index is 12.9. The van der Waals surface area contributed by atoms with Crippen LogP contribution in [0.3, 0.4) is 0 Å². The molecule has 2 rings (SSSR count). The number of hydrogen-bond acceptors (Lipinski definition) is 3. The number of aromatic nitrogens is 1. The van der Waals surface area contributed by atoms with Gasteiger partial charge < -0.3 is 15.7 Å². The number of aliphatic imine (C=N–C) groups is 1. The standard InChI is InChI=1S/C17H21FN4O/c1-2-19-17(21-11-15-5-3-4-10-20-15)22-12-16(23)13-6-8-14(18)9-7-13/h3-10,16,23H,2,11-12H2,1H3,(H2,19,21,22). The minimum Gasteiger partial charge on any atom is -0.387 e. The van der Waals surface area contributed by atoms with Crippen LogP contribution in [0.25, 0.3) is 0 Å². The smallest absolute Gasteiger partial charge is 0.191 e. The molecule has 1 atom stereocenters. The van der Waals surface area contributed by atoms with E-state index >= 15 is 0 Å². The van der Waals surface area contributed by atoms with Gasteiger partial charge in [-0.3, -0.25) is 4.98 Å². The Hall–Kier alpha value is -2.47. The van der Waals surface area contributed by atoms with Crippen molar-refractivity contribution in [3.63, 3.8) is 0 Å². The van der Waals surface area contributed by atoms with Crippen LogP contribution in [0, 0.1) is 5.82 Å². The lowest BCUT2D eigenvalue weighted by Crippen LogP contribution is -2.39. The summed E-state index contributed by atoms with van der Waals surface area (Å²) >= 11 is 0. The average molecular weight is 316 g/mol. The zero-order valence-electron chi connectivity index (χ0n) is 13.0. The highest BCUT2D eigenvalue weighted by atomic mass is 19.1. The van der Waals surface area contributed by atoms with Gasteiger partial charge in [-0.15, -0.1) is 0 Å². The average Bonchev–Trinajstić information content (AvgIpc) is 2.58. The summed E-state index contributed by atoms with van der Waals surface area (Å²) in [4.78, 5) is 8.64. The molecule has 0 bridgehead atoms. The molecule has 1 unspecified atom stereocenters. The van der Waals surface area contributed by atoms with Crippen molar-refractivity contribution >= 4 is 5.96 Å². The predicted molar refractivity (Wildman–Crippen MR) is 88.4 cm³/mol. The van der Waals surface area contributed by atoms with Crippen molar-refractivity contribution in [2.75, 3.05) is 13.1 Å². The van der Waals surface area contributed by atoms with Crippen molar-refractivity contribution in [2.24, 2.45) is 4.99 Å². The molecule has 1 aromatic heterocycles. The predicted octanol–water partition coefficient (Wildman–Crippen LogP) is 2.01. The number of hydrogen-bond donors (Lipinski definition) is 3. The van der Waals surface area contributed by atoms with Crippen LogP contribution >= 0.6 is 0 Å². The van der Waals surface area contributed by atoms with Crippen LogP contribution in [-0.4, -0.2) is 29.1 Å². The summed E-state index contributed by atoms with van der Waals surface area (Å²) in [6.07, 6.45) is 0.984. The molecule has 0 fully saturated rings. The van der Waals surface area contributed by atoms with E-state index < -0.39 is 6.10 Å². The van der Waals surface area contributed by atoms with E-state index in [1.165, 1.54) is 12.1 Å². The van der Waals surface area contributed by atoms with Gasteiger partial charge in [-0.05, 0) is 36.8 Å². The fourth-order valence-corrected chi connectivity index (χ4v) is 1.99. The number of rotatable bonds is 6. The molecule has 2 aromatic rings. The monoisotopic (exact) mass is 316 g/mol. The maximum absolute atomic E-state index is 12.9. The number of guanidine groups is 1. The fraction of sp³-hybridized carbons (Fsp3) is 0.294. The van der Waals surface area contributed by atoms with E-state index in [0.717, 1.165) is 5.69 Å². The zero-order valence-corrected chi connectivity index (χ0v) is 13.0. The Kier molecular flexibility index (Phi) is 6.50. The lowest BCUT2D eigenvalue weighted by Gasteiger charge is -2.15. The minimum absolute atomic E-state index is 0.277. The topological polar surface area (TPSA) is 69.5 Å². The van der Waals surface area contributed by atoms with Gasteiger partial charge in [0.05, 0.1) is 18.3 Å². The van der Waals surface area contributed by atoms with E-state index in [2.05, 4.69) is 20.6 Å². The van der Waals surface area contributed by atoms with Crippen molar-refractivity contribution in [3.8, 4) is 0 Å². The molecular formula is C17H21FN4O. The molecule has 0 saturated heterocycles. The second kappa shape index (κ2) is 8.85. The van der Waals surface area contributed by atoms with Crippen molar-refractivity contribution in [1.29, 1.82) is 0 Å². The molecule has 1 heterocycles. The Balaban J connectivity index is 1.92. The number of nitrogens with one attached hydrogen (secondary N) is 2. The Labute approximate surface area is 135 Å². The number of halogens is 1. The number of nitrogens with zero attached hydrogens (tertiary/aromatic N) is 2. The largest absolute Gasteiger partial charge is 0.387 e. The quantitative estimate of drug-likeness (QED) is 0.563. The normalized spacial score (nSPS) is 12.7. The number of benzene rings is 1. The van der Waals surface area contributed by atoms with Gasteiger partial charge in [-0.25, -0.2) is 9.38 Å². The number of pyridine rings is 1. The summed E-state index contributed by atoms with van der Waals surface area (Å²) in [5.74, 6) is 0.276. The summed E-state index contributed by atoms with van der Waals surface area (Å²) in [5.41, 5.74) is 1.52. The molecule has 0 amide bonds. The van der Waals surface area contributed by atoms with E-state index in [-0.39, 0.29) is 12.4 Å². The SMILES string of the molecule is CCNC(=NCc1ccccn1)NCC(O)c1ccc(F)cc1. The number of aliphatic hydroxyl groups is 1. The van der Waals surface area contributed by atoms with Gasteiger partial charge in [-0.1, -0.05) is 18.2 Å². The summed E-state index contributed by atoms with van der Waals surface area (Å²) in [6.45, 7) is 3.40. The highest BCUT2D eigenvalue weighted by molar-refractivity contribution is 5.79. The van der Waals surface area contributed by atoms with E-state index in [9.17, 15) is 9.50 Å². The molecule has 5 nitrogen and oxygen atoms in total. The van der Waals surface area contributed by atoms with Crippen molar-refractivity contribution in [3.05, 3.63) is 65.7 Å². The highest BCUT2D eigenvalue weighted by Gasteiger charge is 2.08. The van der Waals surface area contributed by atoms with Crippen LogP contribution in [0.1, 0.15) is 24.3 Å². The van der Waals surface area contributed by atoms with Gasteiger partial charge in [0.15, 0.2) is 5.96 Å². The van der Waals surface area contributed by atoms with Crippen LogP contribution < -0.4 is 10.6 Å². The van der Waals surface area contributed by atoms with Crippen LogP contribution in [0.2, 0.25) is 0 Å². The van der Waals surface area contributed by atoms with Crippen molar-refractivity contribution < 1.29 is 9.50 Å². The van der Waals surface area contributed by atoms with Crippen LogP contribution in [0.5, 0.6) is 0 Å². The first-order valence-electron chi connectivity index (χ1n) is 7.54. The third-order valence-electron chi connectivity index (χ3n) is 3.19. The van der Waals surface area contributed by atoms with Crippen LogP contribution in [0.4, 0.5) is 4.39 Å². The summed E-state index contributed by atoms with van der Waals surface area (Å²) < 4.78 is 12.9. The Morgan fingerprint density at radius 2 is 2.00 bits per heavy atom. The molecule has 0 aliphatic carbocycles. The van der Waals surface area contributed by atoms with E-state index in [1.54, 1.807) is 18.3 Å². The first-order chi connectivity index (χ1) is 11.2. The minimum atomic E-state index is -0.741. The summed E-state index contributed by atoms with van der Waals surface area (Å²) in [6, 6.07) is 11.5. The van der Waals surface area contributed by atoms with Gasteiger partial charge in [0.1, 0.15) is 5.82 Å². The molecule has 1 aromatic carbocycles. The van der Waals surface area contributed by atoms with Crippen LogP contribution in [-0.2, 0) is 6.54 Å². The van der Waals surface area contributed by atoms with Gasteiger partial charge in [-0.2, -0.15) is 0 Å².